The van der Waals surface area contributed by atoms with Gasteiger partial charge in [-0.3, -0.25) is 18.8 Å². The Bertz CT molecular complexity index is 1910. The maximum absolute atomic E-state index is 14.0. The summed E-state index contributed by atoms with van der Waals surface area (Å²) in [5, 5.41) is 17.3. The lowest BCUT2D eigenvalue weighted by molar-refractivity contribution is -0.133. The highest BCUT2D eigenvalue weighted by molar-refractivity contribution is 7.92. The largest absolute Gasteiger partial charge is 0.505 e. The lowest BCUT2D eigenvalue weighted by Gasteiger charge is -2.33. The van der Waals surface area contributed by atoms with Crippen molar-refractivity contribution in [3.05, 3.63) is 77.9 Å². The van der Waals surface area contributed by atoms with E-state index >= 15 is 0 Å². The summed E-state index contributed by atoms with van der Waals surface area (Å²) in [7, 11) is -4.11. The molecule has 292 valence electrons. The van der Waals surface area contributed by atoms with E-state index in [1.807, 2.05) is 71.9 Å². The van der Waals surface area contributed by atoms with Crippen molar-refractivity contribution in [3.63, 3.8) is 0 Å². The molecule has 1 saturated heterocycles. The molecule has 0 bridgehead atoms. The summed E-state index contributed by atoms with van der Waals surface area (Å²) in [6.45, 7) is 12.1. The molecule has 2 heterocycles. The predicted molar refractivity (Wildman–Crippen MR) is 204 cm³/mol. The molecular weight excluding hydrogens is 713 g/mol. The highest BCUT2D eigenvalue weighted by Crippen LogP contribution is 2.39. The zero-order valence-corrected chi connectivity index (χ0v) is 32.6. The van der Waals surface area contributed by atoms with Crippen LogP contribution in [0.3, 0.4) is 0 Å². The third kappa shape index (κ3) is 9.57. The number of phenolic OH excluding ortho intramolecular Hbond substituents is 1. The molecule has 2 aliphatic heterocycles. The van der Waals surface area contributed by atoms with Gasteiger partial charge in [0.05, 0.1) is 10.6 Å². The zero-order chi connectivity index (χ0) is 39.2. The van der Waals surface area contributed by atoms with Crippen molar-refractivity contribution in [1.29, 1.82) is 0 Å². The normalized spacial score (nSPS) is 16.5. The lowest BCUT2D eigenvalue weighted by atomic mass is 9.85. The van der Waals surface area contributed by atoms with E-state index in [0.717, 1.165) is 5.56 Å². The number of para-hydroxylation sites is 1. The predicted octanol–water partition coefficient (Wildman–Crippen LogP) is 5.60. The van der Waals surface area contributed by atoms with Gasteiger partial charge < -0.3 is 30.0 Å². The second-order valence-corrected chi connectivity index (χ2v) is 17.3. The minimum Gasteiger partial charge on any atom is -0.505 e. The first-order chi connectivity index (χ1) is 25.6. The quantitative estimate of drug-likeness (QED) is 0.190. The average Bonchev–Trinajstić information content (AvgIpc) is 3.82. The molecular formula is C40H52N4O9S. The number of hydrogen-bond acceptors (Lipinski definition) is 9. The van der Waals surface area contributed by atoms with Crippen LogP contribution in [0.25, 0.3) is 0 Å². The van der Waals surface area contributed by atoms with Crippen LogP contribution in [0.1, 0.15) is 65.5 Å². The molecule has 3 aromatic rings. The van der Waals surface area contributed by atoms with E-state index in [1.54, 1.807) is 24.3 Å². The number of rotatable bonds is 14. The molecule has 13 nitrogen and oxygen atoms in total. The van der Waals surface area contributed by atoms with Crippen molar-refractivity contribution < 1.29 is 42.1 Å². The number of sulfonamides is 1. The van der Waals surface area contributed by atoms with E-state index in [4.69, 9.17) is 14.2 Å². The van der Waals surface area contributed by atoms with Crippen LogP contribution in [-0.4, -0.2) is 74.8 Å². The number of nitrogens with zero attached hydrogens (tertiary/aromatic N) is 2. The van der Waals surface area contributed by atoms with Gasteiger partial charge >= 0.3 is 6.09 Å². The van der Waals surface area contributed by atoms with Gasteiger partial charge in [0.25, 0.3) is 10.0 Å². The fraction of sp³-hybridized carbons (Fsp3) is 0.475. The second-order valence-electron chi connectivity index (χ2n) is 15.5. The molecule has 0 saturated carbocycles. The molecule has 2 unspecified atom stereocenters. The minimum atomic E-state index is -4.11. The van der Waals surface area contributed by atoms with Crippen LogP contribution in [0.5, 0.6) is 17.2 Å². The number of phenols is 1. The lowest BCUT2D eigenvalue weighted by Crippen LogP contribution is -2.57. The van der Waals surface area contributed by atoms with Crippen molar-refractivity contribution in [2.75, 3.05) is 30.7 Å². The highest BCUT2D eigenvalue weighted by Gasteiger charge is 2.40. The van der Waals surface area contributed by atoms with Gasteiger partial charge in [-0.2, -0.15) is 0 Å². The molecule has 3 atom stereocenters. The van der Waals surface area contributed by atoms with Gasteiger partial charge in [0.1, 0.15) is 24.4 Å². The van der Waals surface area contributed by atoms with Gasteiger partial charge in [0, 0.05) is 25.7 Å². The second kappa shape index (κ2) is 17.0. The first-order valence-electron chi connectivity index (χ1n) is 18.3. The zero-order valence-electron chi connectivity index (χ0n) is 31.8. The van der Waals surface area contributed by atoms with E-state index < -0.39 is 39.5 Å². The third-order valence-corrected chi connectivity index (χ3v) is 11.2. The van der Waals surface area contributed by atoms with Crippen molar-refractivity contribution in [2.24, 2.45) is 17.3 Å². The number of benzene rings is 3. The summed E-state index contributed by atoms with van der Waals surface area (Å²) in [6, 6.07) is 17.1. The summed E-state index contributed by atoms with van der Waals surface area (Å²) >= 11 is 0. The average molecular weight is 765 g/mol. The molecule has 0 aromatic heterocycles. The van der Waals surface area contributed by atoms with Crippen LogP contribution in [-0.2, 0) is 37.4 Å². The van der Waals surface area contributed by atoms with Crippen LogP contribution in [0, 0.1) is 17.3 Å². The first kappa shape index (κ1) is 40.2. The van der Waals surface area contributed by atoms with E-state index in [9.17, 15) is 27.9 Å². The first-order valence-corrected chi connectivity index (χ1v) is 19.8. The van der Waals surface area contributed by atoms with Gasteiger partial charge in [-0.05, 0) is 65.8 Å². The molecule has 0 aliphatic carbocycles. The Kier molecular flexibility index (Phi) is 12.7. The Morgan fingerprint density at radius 3 is 2.43 bits per heavy atom. The highest BCUT2D eigenvalue weighted by atomic mass is 32.2. The number of aromatic hydroxyl groups is 1. The fourth-order valence-corrected chi connectivity index (χ4v) is 8.22. The molecule has 54 heavy (non-hydrogen) atoms. The summed E-state index contributed by atoms with van der Waals surface area (Å²) in [5.74, 6) is -0.409. The number of fused-ring (bicyclic) bond motifs is 1. The Labute approximate surface area is 318 Å². The third-order valence-electron chi connectivity index (χ3n) is 9.43. The molecule has 1 fully saturated rings. The van der Waals surface area contributed by atoms with Crippen molar-refractivity contribution in [1.82, 2.24) is 15.5 Å². The van der Waals surface area contributed by atoms with Crippen molar-refractivity contribution in [2.45, 2.75) is 84.4 Å². The topological polar surface area (TPSA) is 164 Å². The van der Waals surface area contributed by atoms with Crippen LogP contribution in [0.15, 0.2) is 71.6 Å². The number of amides is 3. The summed E-state index contributed by atoms with van der Waals surface area (Å²) in [5.41, 5.74) is 0.850. The van der Waals surface area contributed by atoms with Crippen molar-refractivity contribution in [3.8, 4) is 17.2 Å². The number of carbonyl (C=O) groups excluding carboxylic acids is 3. The number of ether oxygens (including phenoxy) is 3. The van der Waals surface area contributed by atoms with E-state index in [2.05, 4.69) is 10.6 Å². The molecule has 0 radical (unpaired) electrons. The molecule has 2 aliphatic rings. The number of likely N-dealkylation sites (tertiary alicyclic amines) is 1. The van der Waals surface area contributed by atoms with Gasteiger partial charge in [0.15, 0.2) is 11.5 Å². The number of anilines is 1. The van der Waals surface area contributed by atoms with Crippen LogP contribution < -0.4 is 24.4 Å². The van der Waals surface area contributed by atoms with Gasteiger partial charge in [-0.1, -0.05) is 84.0 Å². The van der Waals surface area contributed by atoms with Crippen molar-refractivity contribution >= 4 is 33.6 Å². The number of carbonyl (C=O) groups is 3. The van der Waals surface area contributed by atoms with Crippen LogP contribution in [0.4, 0.5) is 10.5 Å². The number of nitrogens with one attached hydrogen (secondary N) is 2. The summed E-state index contributed by atoms with van der Waals surface area (Å²) in [6.07, 6.45) is 0.841. The Morgan fingerprint density at radius 2 is 1.72 bits per heavy atom. The van der Waals surface area contributed by atoms with E-state index in [0.29, 0.717) is 42.9 Å². The Balaban J connectivity index is 1.23. The molecule has 14 heteroatoms. The maximum atomic E-state index is 14.0. The molecule has 3 aromatic carbocycles. The molecule has 5 rings (SSSR count). The van der Waals surface area contributed by atoms with Crippen LogP contribution in [0.2, 0.25) is 0 Å². The fourth-order valence-electron chi connectivity index (χ4n) is 6.56. The molecule has 3 amide bonds. The smallest absolute Gasteiger partial charge is 0.410 e. The molecule has 3 N–H and O–H groups in total. The van der Waals surface area contributed by atoms with Gasteiger partial charge in [-0.15, -0.1) is 0 Å². The maximum Gasteiger partial charge on any atom is 0.410 e. The van der Waals surface area contributed by atoms with Gasteiger partial charge in [0.2, 0.25) is 18.6 Å². The summed E-state index contributed by atoms with van der Waals surface area (Å²) in [4.78, 5) is 41.6. The minimum absolute atomic E-state index is 0.00856. The molecule has 0 spiro atoms. The standard InChI is InChI=1S/C40H52N4O9S/c1-26(2)23-44(54(49,50)30-17-18-33-34(21-30)53-25-52-33)31-15-10-14-29(35(31)45)20-27(3)22-41-38(47)36(40(4,5)6)42-37(46)32-16-11-19-43(32)39(48)51-24-28-12-8-7-9-13-28/h7-10,12-15,17-18,21,26-27,32,36,45H,11,16,19-20,22-25H2,1-6H3,(H,41,47)(H,42,46)/t27?,32?,36-/m0/s1. The summed E-state index contributed by atoms with van der Waals surface area (Å²) < 4.78 is 45.4. The Morgan fingerprint density at radius 1 is 1.00 bits per heavy atom. The monoisotopic (exact) mass is 764 g/mol. The van der Waals surface area contributed by atoms with Gasteiger partial charge in [-0.25, -0.2) is 13.2 Å². The van der Waals surface area contributed by atoms with Crippen LogP contribution >= 0.6 is 0 Å². The van der Waals surface area contributed by atoms with E-state index in [-0.39, 0.29) is 60.6 Å². The Hall–Kier alpha value is -4.98. The number of hydrogen-bond donors (Lipinski definition) is 3. The van der Waals surface area contributed by atoms with E-state index in [1.165, 1.54) is 21.3 Å². The SMILES string of the molecule is CC(C)CN(c1cccc(CC(C)CNC(=O)[C@H](NC(=O)C2CCCN2C(=O)OCc2ccccc2)C(C)(C)C)c1O)S(=O)(=O)c1ccc2c(c1)OCO2.